The van der Waals surface area contributed by atoms with Gasteiger partial charge in [-0.2, -0.15) is 0 Å². The maximum absolute atomic E-state index is 9.43. The molecule has 0 radical (unpaired) electrons. The number of aliphatic hydroxyl groups is 1. The fourth-order valence-electron chi connectivity index (χ4n) is 2.30. The third-order valence-electron chi connectivity index (χ3n) is 3.21. The van der Waals surface area contributed by atoms with E-state index in [4.69, 9.17) is 0 Å². The van der Waals surface area contributed by atoms with Crippen LogP contribution in [0.1, 0.15) is 18.0 Å². The first-order valence-electron chi connectivity index (χ1n) is 5.90. The standard InChI is InChI=1S/C13H20N2O/c1-15-8-7-12(9-15)14-13(10-16)11-5-3-2-4-6-11/h2-6,12-14,16H,7-10H2,1H3/t12?,13-/m0/s1. The number of nitrogens with one attached hydrogen (secondary N) is 1. The molecule has 16 heavy (non-hydrogen) atoms. The van der Waals surface area contributed by atoms with Crippen LogP contribution in [0.5, 0.6) is 0 Å². The first kappa shape index (κ1) is 11.6. The number of aliphatic hydroxyl groups excluding tert-OH is 1. The van der Waals surface area contributed by atoms with Crippen LogP contribution in [0.3, 0.4) is 0 Å². The molecule has 0 saturated carbocycles. The summed E-state index contributed by atoms with van der Waals surface area (Å²) >= 11 is 0. The largest absolute Gasteiger partial charge is 0.394 e. The SMILES string of the molecule is CN1CCC(N[C@@H](CO)c2ccccc2)C1. The number of rotatable bonds is 4. The smallest absolute Gasteiger partial charge is 0.0626 e. The average Bonchev–Trinajstić information content (AvgIpc) is 2.73. The Morgan fingerprint density at radius 3 is 2.75 bits per heavy atom. The Kier molecular flexibility index (Phi) is 3.93. The van der Waals surface area contributed by atoms with E-state index >= 15 is 0 Å². The Balaban J connectivity index is 1.96. The summed E-state index contributed by atoms with van der Waals surface area (Å²) in [6.07, 6.45) is 1.17. The molecule has 1 saturated heterocycles. The summed E-state index contributed by atoms with van der Waals surface area (Å²) in [6.45, 7) is 2.37. The van der Waals surface area contributed by atoms with Crippen molar-refractivity contribution in [3.05, 3.63) is 35.9 Å². The first-order chi connectivity index (χ1) is 7.79. The highest BCUT2D eigenvalue weighted by Crippen LogP contribution is 2.15. The van der Waals surface area contributed by atoms with Crippen LogP contribution < -0.4 is 5.32 Å². The molecule has 0 bridgehead atoms. The van der Waals surface area contributed by atoms with E-state index in [1.165, 1.54) is 12.0 Å². The van der Waals surface area contributed by atoms with Gasteiger partial charge in [-0.05, 0) is 25.6 Å². The highest BCUT2D eigenvalue weighted by Gasteiger charge is 2.22. The van der Waals surface area contributed by atoms with Gasteiger partial charge in [-0.1, -0.05) is 30.3 Å². The second-order valence-electron chi connectivity index (χ2n) is 4.56. The molecule has 2 N–H and O–H groups in total. The zero-order valence-corrected chi connectivity index (χ0v) is 9.76. The molecule has 1 aromatic rings. The van der Waals surface area contributed by atoms with Crippen LogP contribution in [-0.4, -0.2) is 42.8 Å². The lowest BCUT2D eigenvalue weighted by molar-refractivity contribution is 0.232. The van der Waals surface area contributed by atoms with Crippen LogP contribution in [0.15, 0.2) is 30.3 Å². The van der Waals surface area contributed by atoms with E-state index in [-0.39, 0.29) is 12.6 Å². The molecule has 1 aromatic carbocycles. The Bertz CT molecular complexity index is 315. The summed E-state index contributed by atoms with van der Waals surface area (Å²) in [6, 6.07) is 10.7. The van der Waals surface area contributed by atoms with E-state index in [1.807, 2.05) is 18.2 Å². The predicted molar refractivity (Wildman–Crippen MR) is 65.3 cm³/mol. The van der Waals surface area contributed by atoms with Crippen molar-refractivity contribution >= 4 is 0 Å². The average molecular weight is 220 g/mol. The van der Waals surface area contributed by atoms with Gasteiger partial charge in [0.05, 0.1) is 12.6 Å². The minimum absolute atomic E-state index is 0.0673. The Morgan fingerprint density at radius 1 is 1.44 bits per heavy atom. The normalized spacial score (nSPS) is 23.5. The highest BCUT2D eigenvalue weighted by atomic mass is 16.3. The predicted octanol–water partition coefficient (Wildman–Crippen LogP) is 1.01. The second-order valence-corrected chi connectivity index (χ2v) is 4.56. The van der Waals surface area contributed by atoms with Crippen molar-refractivity contribution in [2.45, 2.75) is 18.5 Å². The van der Waals surface area contributed by atoms with Crippen molar-refractivity contribution in [1.29, 1.82) is 0 Å². The molecular formula is C13H20N2O. The van der Waals surface area contributed by atoms with Crippen molar-refractivity contribution in [2.75, 3.05) is 26.7 Å². The summed E-state index contributed by atoms with van der Waals surface area (Å²) in [4.78, 5) is 2.32. The van der Waals surface area contributed by atoms with Crippen molar-refractivity contribution in [2.24, 2.45) is 0 Å². The number of likely N-dealkylation sites (N-methyl/N-ethyl adjacent to an activating group) is 1. The molecule has 3 nitrogen and oxygen atoms in total. The van der Waals surface area contributed by atoms with E-state index < -0.39 is 0 Å². The third-order valence-corrected chi connectivity index (χ3v) is 3.21. The quantitative estimate of drug-likeness (QED) is 0.795. The zero-order valence-electron chi connectivity index (χ0n) is 9.76. The molecule has 1 heterocycles. The van der Waals surface area contributed by atoms with Crippen LogP contribution in [0.25, 0.3) is 0 Å². The number of benzene rings is 1. The summed E-state index contributed by atoms with van der Waals surface area (Å²) in [5, 5.41) is 13.0. The molecule has 0 aliphatic carbocycles. The third kappa shape index (κ3) is 2.82. The van der Waals surface area contributed by atoms with Gasteiger partial charge in [0.15, 0.2) is 0 Å². The van der Waals surface area contributed by atoms with Gasteiger partial charge >= 0.3 is 0 Å². The minimum Gasteiger partial charge on any atom is -0.394 e. The monoisotopic (exact) mass is 220 g/mol. The van der Waals surface area contributed by atoms with Gasteiger partial charge < -0.3 is 15.3 Å². The van der Waals surface area contributed by atoms with Gasteiger partial charge in [-0.25, -0.2) is 0 Å². The molecule has 1 unspecified atom stereocenters. The molecule has 88 valence electrons. The van der Waals surface area contributed by atoms with E-state index in [9.17, 15) is 5.11 Å². The Morgan fingerprint density at radius 2 is 2.19 bits per heavy atom. The summed E-state index contributed by atoms with van der Waals surface area (Å²) in [7, 11) is 2.14. The molecule has 1 aliphatic heterocycles. The lowest BCUT2D eigenvalue weighted by Gasteiger charge is -2.21. The molecule has 0 amide bonds. The van der Waals surface area contributed by atoms with Gasteiger partial charge in [-0.3, -0.25) is 0 Å². The van der Waals surface area contributed by atoms with E-state index in [0.717, 1.165) is 13.1 Å². The van der Waals surface area contributed by atoms with E-state index in [0.29, 0.717) is 6.04 Å². The van der Waals surface area contributed by atoms with Crippen LogP contribution in [0.4, 0.5) is 0 Å². The molecule has 1 fully saturated rings. The molecule has 0 spiro atoms. The molecule has 0 aromatic heterocycles. The molecular weight excluding hydrogens is 200 g/mol. The zero-order chi connectivity index (χ0) is 11.4. The van der Waals surface area contributed by atoms with Crippen molar-refractivity contribution < 1.29 is 5.11 Å². The van der Waals surface area contributed by atoms with Crippen LogP contribution in [0.2, 0.25) is 0 Å². The van der Waals surface area contributed by atoms with Crippen molar-refractivity contribution in [3.8, 4) is 0 Å². The van der Waals surface area contributed by atoms with Gasteiger partial charge in [0.2, 0.25) is 0 Å². The van der Waals surface area contributed by atoms with Gasteiger partial charge in [0.25, 0.3) is 0 Å². The fourth-order valence-corrected chi connectivity index (χ4v) is 2.30. The number of likely N-dealkylation sites (tertiary alicyclic amines) is 1. The molecule has 2 atom stereocenters. The lowest BCUT2D eigenvalue weighted by atomic mass is 10.1. The second kappa shape index (κ2) is 5.43. The highest BCUT2D eigenvalue weighted by molar-refractivity contribution is 5.19. The topological polar surface area (TPSA) is 35.5 Å². The maximum Gasteiger partial charge on any atom is 0.0626 e. The van der Waals surface area contributed by atoms with E-state index in [2.05, 4.69) is 29.4 Å². The molecule has 2 rings (SSSR count). The molecule has 3 heteroatoms. The summed E-state index contributed by atoms with van der Waals surface area (Å²) in [5.41, 5.74) is 1.17. The van der Waals surface area contributed by atoms with Crippen LogP contribution in [0, 0.1) is 0 Å². The number of nitrogens with zero attached hydrogens (tertiary/aromatic N) is 1. The van der Waals surface area contributed by atoms with Crippen molar-refractivity contribution in [1.82, 2.24) is 10.2 Å². The summed E-state index contributed by atoms with van der Waals surface area (Å²) in [5.74, 6) is 0. The minimum atomic E-state index is 0.0673. The maximum atomic E-state index is 9.43. The van der Waals surface area contributed by atoms with Gasteiger partial charge in [-0.15, -0.1) is 0 Å². The Labute approximate surface area is 97.1 Å². The van der Waals surface area contributed by atoms with Crippen molar-refractivity contribution in [3.63, 3.8) is 0 Å². The first-order valence-corrected chi connectivity index (χ1v) is 5.90. The van der Waals surface area contributed by atoms with Gasteiger partial charge in [0.1, 0.15) is 0 Å². The number of hydrogen-bond donors (Lipinski definition) is 2. The van der Waals surface area contributed by atoms with E-state index in [1.54, 1.807) is 0 Å². The molecule has 1 aliphatic rings. The van der Waals surface area contributed by atoms with Crippen LogP contribution in [-0.2, 0) is 0 Å². The number of hydrogen-bond acceptors (Lipinski definition) is 3. The summed E-state index contributed by atoms with van der Waals surface area (Å²) < 4.78 is 0. The Hall–Kier alpha value is -0.900. The van der Waals surface area contributed by atoms with Crippen LogP contribution >= 0.6 is 0 Å². The fraction of sp³-hybridized carbons (Fsp3) is 0.538. The van der Waals surface area contributed by atoms with Gasteiger partial charge in [0, 0.05) is 12.6 Å². The lowest BCUT2D eigenvalue weighted by Crippen LogP contribution is -2.36.